The van der Waals surface area contributed by atoms with Gasteiger partial charge in [-0.3, -0.25) is 19.1 Å². The SMILES string of the molecule is CCCN(C(=O)COc1ccccc1Cc1ccccc1)c1c(N)n(Cc2ccccc2)c(=O)[nH]c1=O. The Bertz CT molecular complexity index is 1460. The van der Waals surface area contributed by atoms with Crippen LogP contribution in [0.15, 0.2) is 94.5 Å². The van der Waals surface area contributed by atoms with E-state index in [0.29, 0.717) is 18.6 Å². The van der Waals surface area contributed by atoms with Crippen molar-refractivity contribution in [2.75, 3.05) is 23.8 Å². The first-order valence-electron chi connectivity index (χ1n) is 12.2. The number of nitrogens with one attached hydrogen (secondary N) is 1. The molecule has 4 aromatic rings. The van der Waals surface area contributed by atoms with Crippen LogP contribution in [0.25, 0.3) is 0 Å². The van der Waals surface area contributed by atoms with Gasteiger partial charge in [-0.05, 0) is 29.2 Å². The largest absolute Gasteiger partial charge is 0.483 e. The van der Waals surface area contributed by atoms with Crippen molar-refractivity contribution in [1.29, 1.82) is 0 Å². The van der Waals surface area contributed by atoms with Crippen LogP contribution in [0, 0.1) is 0 Å². The summed E-state index contributed by atoms with van der Waals surface area (Å²) in [4.78, 5) is 42.4. The fourth-order valence-electron chi connectivity index (χ4n) is 4.17. The number of para-hydroxylation sites is 1. The van der Waals surface area contributed by atoms with Gasteiger partial charge in [-0.2, -0.15) is 0 Å². The number of carbonyl (C=O) groups excluding carboxylic acids is 1. The third-order valence-electron chi connectivity index (χ3n) is 5.98. The van der Waals surface area contributed by atoms with E-state index in [0.717, 1.165) is 16.7 Å². The number of ether oxygens (including phenoxy) is 1. The van der Waals surface area contributed by atoms with E-state index in [1.54, 1.807) is 0 Å². The number of nitrogen functional groups attached to an aromatic ring is 1. The van der Waals surface area contributed by atoms with Gasteiger partial charge in [0, 0.05) is 13.0 Å². The molecule has 0 aliphatic rings. The maximum atomic E-state index is 13.3. The van der Waals surface area contributed by atoms with Crippen molar-refractivity contribution in [2.45, 2.75) is 26.3 Å². The summed E-state index contributed by atoms with van der Waals surface area (Å²) >= 11 is 0. The monoisotopic (exact) mass is 498 g/mol. The Kier molecular flexibility index (Phi) is 8.20. The molecule has 0 saturated heterocycles. The Morgan fingerprint density at radius 3 is 2.22 bits per heavy atom. The first-order valence-corrected chi connectivity index (χ1v) is 12.2. The summed E-state index contributed by atoms with van der Waals surface area (Å²) in [5.74, 6) is 0.0921. The van der Waals surface area contributed by atoms with Crippen LogP contribution in [0.3, 0.4) is 0 Å². The van der Waals surface area contributed by atoms with Crippen molar-refractivity contribution in [3.8, 4) is 5.75 Å². The standard InChI is InChI=1S/C29H30N4O4/c1-2-17-32(26-27(30)33(29(36)31-28(26)35)19-22-13-7-4-8-14-22)25(34)20-37-24-16-10-9-15-23(24)18-21-11-5-3-6-12-21/h3-16H,2,17-20,30H2,1H3,(H,31,35,36). The molecule has 0 unspecified atom stereocenters. The third kappa shape index (κ3) is 6.16. The predicted octanol–water partition coefficient (Wildman–Crippen LogP) is 3.58. The van der Waals surface area contributed by atoms with Gasteiger partial charge in [0.2, 0.25) is 0 Å². The number of hydrogen-bond acceptors (Lipinski definition) is 5. The van der Waals surface area contributed by atoms with Crippen LogP contribution < -0.4 is 26.6 Å². The van der Waals surface area contributed by atoms with E-state index in [1.165, 1.54) is 9.47 Å². The van der Waals surface area contributed by atoms with Crippen molar-refractivity contribution in [3.05, 3.63) is 122 Å². The molecule has 1 heterocycles. The smallest absolute Gasteiger partial charge is 0.330 e. The maximum absolute atomic E-state index is 13.3. The molecule has 0 saturated carbocycles. The zero-order valence-corrected chi connectivity index (χ0v) is 20.7. The molecule has 1 amide bonds. The number of rotatable bonds is 10. The number of nitrogens with two attached hydrogens (primary N) is 1. The van der Waals surface area contributed by atoms with Gasteiger partial charge in [0.05, 0.1) is 6.54 Å². The fourth-order valence-corrected chi connectivity index (χ4v) is 4.17. The Morgan fingerprint density at radius 2 is 1.54 bits per heavy atom. The Hall–Kier alpha value is -4.59. The average molecular weight is 499 g/mol. The van der Waals surface area contributed by atoms with Crippen molar-refractivity contribution >= 4 is 17.4 Å². The highest BCUT2D eigenvalue weighted by molar-refractivity contribution is 5.96. The number of aromatic nitrogens is 2. The molecule has 0 bridgehead atoms. The number of nitrogens with zero attached hydrogens (tertiary/aromatic N) is 2. The van der Waals surface area contributed by atoms with Crippen LogP contribution in [0.4, 0.5) is 11.5 Å². The highest BCUT2D eigenvalue weighted by Crippen LogP contribution is 2.23. The van der Waals surface area contributed by atoms with E-state index < -0.39 is 17.2 Å². The van der Waals surface area contributed by atoms with Gasteiger partial charge in [-0.15, -0.1) is 0 Å². The average Bonchev–Trinajstić information content (AvgIpc) is 2.91. The van der Waals surface area contributed by atoms with E-state index >= 15 is 0 Å². The van der Waals surface area contributed by atoms with Gasteiger partial charge in [0.15, 0.2) is 12.3 Å². The Morgan fingerprint density at radius 1 is 0.919 bits per heavy atom. The van der Waals surface area contributed by atoms with Crippen LogP contribution in [-0.2, 0) is 17.8 Å². The molecule has 0 aliphatic heterocycles. The van der Waals surface area contributed by atoms with E-state index in [2.05, 4.69) is 4.98 Å². The summed E-state index contributed by atoms with van der Waals surface area (Å²) in [6.45, 7) is 2.00. The van der Waals surface area contributed by atoms with Gasteiger partial charge < -0.3 is 15.4 Å². The molecule has 3 aromatic carbocycles. The van der Waals surface area contributed by atoms with E-state index in [9.17, 15) is 14.4 Å². The predicted molar refractivity (Wildman–Crippen MR) is 145 cm³/mol. The molecular weight excluding hydrogens is 468 g/mol. The van der Waals surface area contributed by atoms with Gasteiger partial charge in [0.1, 0.15) is 11.6 Å². The molecule has 0 aliphatic carbocycles. The number of hydrogen-bond donors (Lipinski definition) is 2. The van der Waals surface area contributed by atoms with Crippen molar-refractivity contribution in [3.63, 3.8) is 0 Å². The molecule has 0 radical (unpaired) electrons. The lowest BCUT2D eigenvalue weighted by Crippen LogP contribution is -2.43. The Labute approximate surface area is 215 Å². The first kappa shape index (κ1) is 25.5. The highest BCUT2D eigenvalue weighted by atomic mass is 16.5. The summed E-state index contributed by atoms with van der Waals surface area (Å²) in [6, 6.07) is 26.8. The number of H-pyrrole nitrogens is 1. The lowest BCUT2D eigenvalue weighted by Gasteiger charge is -2.24. The molecule has 0 spiro atoms. The quantitative estimate of drug-likeness (QED) is 0.347. The van der Waals surface area contributed by atoms with Crippen LogP contribution in [-0.4, -0.2) is 28.6 Å². The highest BCUT2D eigenvalue weighted by Gasteiger charge is 2.24. The Balaban J connectivity index is 1.58. The summed E-state index contributed by atoms with van der Waals surface area (Å²) in [5, 5.41) is 0. The van der Waals surface area contributed by atoms with Crippen LogP contribution in [0.2, 0.25) is 0 Å². The van der Waals surface area contributed by atoms with E-state index in [-0.39, 0.29) is 31.2 Å². The zero-order chi connectivity index (χ0) is 26.2. The van der Waals surface area contributed by atoms with Crippen molar-refractivity contribution in [2.24, 2.45) is 0 Å². The van der Waals surface area contributed by atoms with E-state index in [1.807, 2.05) is 91.9 Å². The molecule has 8 nitrogen and oxygen atoms in total. The second kappa shape index (κ2) is 11.9. The number of amides is 1. The lowest BCUT2D eigenvalue weighted by molar-refractivity contribution is -0.120. The second-order valence-corrected chi connectivity index (χ2v) is 8.67. The zero-order valence-electron chi connectivity index (χ0n) is 20.7. The maximum Gasteiger partial charge on any atom is 0.330 e. The van der Waals surface area contributed by atoms with Gasteiger partial charge in [-0.1, -0.05) is 85.8 Å². The normalized spacial score (nSPS) is 10.7. The lowest BCUT2D eigenvalue weighted by atomic mass is 10.0. The molecule has 0 fully saturated rings. The molecule has 0 atom stereocenters. The third-order valence-corrected chi connectivity index (χ3v) is 5.98. The molecule has 37 heavy (non-hydrogen) atoms. The minimum Gasteiger partial charge on any atom is -0.483 e. The van der Waals surface area contributed by atoms with Gasteiger partial charge >= 0.3 is 5.69 Å². The van der Waals surface area contributed by atoms with Crippen LogP contribution >= 0.6 is 0 Å². The van der Waals surface area contributed by atoms with Crippen LogP contribution in [0.5, 0.6) is 5.75 Å². The summed E-state index contributed by atoms with van der Waals surface area (Å²) < 4.78 is 7.20. The minimum absolute atomic E-state index is 0.0523. The van der Waals surface area contributed by atoms with Crippen LogP contribution in [0.1, 0.15) is 30.0 Å². The number of carbonyl (C=O) groups is 1. The molecular formula is C29H30N4O4. The second-order valence-electron chi connectivity index (χ2n) is 8.67. The number of aromatic amines is 1. The summed E-state index contributed by atoms with van der Waals surface area (Å²) in [7, 11) is 0. The number of benzene rings is 3. The molecule has 3 N–H and O–H groups in total. The van der Waals surface area contributed by atoms with Crippen molar-refractivity contribution in [1.82, 2.24) is 9.55 Å². The van der Waals surface area contributed by atoms with E-state index in [4.69, 9.17) is 10.5 Å². The molecule has 4 rings (SSSR count). The topological polar surface area (TPSA) is 110 Å². The summed E-state index contributed by atoms with van der Waals surface area (Å²) in [5.41, 5.74) is 7.83. The first-order chi connectivity index (χ1) is 18.0. The summed E-state index contributed by atoms with van der Waals surface area (Å²) in [6.07, 6.45) is 1.23. The molecule has 1 aromatic heterocycles. The minimum atomic E-state index is -0.710. The fraction of sp³-hybridized carbons (Fsp3) is 0.207. The number of anilines is 2. The van der Waals surface area contributed by atoms with Gasteiger partial charge in [0.25, 0.3) is 11.5 Å². The molecule has 190 valence electrons. The van der Waals surface area contributed by atoms with Crippen molar-refractivity contribution < 1.29 is 9.53 Å². The molecule has 8 heteroatoms. The van der Waals surface area contributed by atoms with Gasteiger partial charge in [-0.25, -0.2) is 4.79 Å².